The zero-order valence-corrected chi connectivity index (χ0v) is 18.2. The maximum absolute atomic E-state index is 13.3. The van der Waals surface area contributed by atoms with Crippen LogP contribution in [0.3, 0.4) is 0 Å². The first-order chi connectivity index (χ1) is 15.2. The maximum Gasteiger partial charge on any atom is 0.328 e. The summed E-state index contributed by atoms with van der Waals surface area (Å²) in [5, 5.41) is 32.5. The minimum Gasteiger partial charge on any atom is -0.508 e. The van der Waals surface area contributed by atoms with E-state index in [4.69, 9.17) is 15.9 Å². The number of benzene rings is 1. The number of carboxylic acids is 1. The zero-order valence-electron chi connectivity index (χ0n) is 17.3. The van der Waals surface area contributed by atoms with Crippen molar-refractivity contribution in [2.24, 2.45) is 5.73 Å². The molecule has 0 aliphatic carbocycles. The van der Waals surface area contributed by atoms with Crippen molar-refractivity contribution in [3.05, 3.63) is 29.8 Å². The smallest absolute Gasteiger partial charge is 0.328 e. The fourth-order valence-corrected chi connectivity index (χ4v) is 3.55. The Morgan fingerprint density at radius 3 is 2.38 bits per heavy atom. The summed E-state index contributed by atoms with van der Waals surface area (Å²) in [4.78, 5) is 50.7. The van der Waals surface area contributed by atoms with Gasteiger partial charge in [0.2, 0.25) is 17.7 Å². The van der Waals surface area contributed by atoms with Gasteiger partial charge in [-0.1, -0.05) is 12.1 Å². The summed E-state index contributed by atoms with van der Waals surface area (Å²) in [6.07, 6.45) is 0.908. The predicted octanol–water partition coefficient (Wildman–Crippen LogP) is -1.77. The third-order valence-corrected chi connectivity index (χ3v) is 5.55. The van der Waals surface area contributed by atoms with Crippen molar-refractivity contribution in [3.63, 3.8) is 0 Å². The Kier molecular flexibility index (Phi) is 9.29. The lowest BCUT2D eigenvalue weighted by atomic mass is 10.0. The second-order valence-electron chi connectivity index (χ2n) is 7.49. The molecule has 7 N–H and O–H groups in total. The van der Waals surface area contributed by atoms with Crippen LogP contribution < -0.4 is 16.4 Å². The maximum atomic E-state index is 13.3. The molecule has 1 heterocycles. The number of aliphatic hydroxyl groups is 1. The van der Waals surface area contributed by atoms with Crippen molar-refractivity contribution in [3.8, 4) is 5.75 Å². The van der Waals surface area contributed by atoms with Gasteiger partial charge in [0.15, 0.2) is 0 Å². The average Bonchev–Trinajstić information content (AvgIpc) is 3.26. The number of phenols is 1. The summed E-state index contributed by atoms with van der Waals surface area (Å²) in [7, 11) is 0. The summed E-state index contributed by atoms with van der Waals surface area (Å²) >= 11 is 4.00. The van der Waals surface area contributed by atoms with Crippen molar-refractivity contribution < 1.29 is 34.5 Å². The van der Waals surface area contributed by atoms with E-state index in [1.54, 1.807) is 12.1 Å². The van der Waals surface area contributed by atoms with Gasteiger partial charge in [0.25, 0.3) is 0 Å². The number of carbonyl (C=O) groups is 4. The molecular weight excluding hydrogens is 440 g/mol. The van der Waals surface area contributed by atoms with Gasteiger partial charge in [0, 0.05) is 18.7 Å². The van der Waals surface area contributed by atoms with E-state index in [0.29, 0.717) is 18.4 Å². The molecule has 1 aromatic rings. The lowest BCUT2D eigenvalue weighted by Gasteiger charge is -2.30. The second kappa shape index (κ2) is 11.7. The number of carboxylic acid groups (broad SMARTS) is 1. The van der Waals surface area contributed by atoms with Gasteiger partial charge in [-0.3, -0.25) is 14.4 Å². The molecule has 32 heavy (non-hydrogen) atoms. The highest BCUT2D eigenvalue weighted by atomic mass is 32.1. The van der Waals surface area contributed by atoms with Gasteiger partial charge in [-0.15, -0.1) is 0 Å². The van der Waals surface area contributed by atoms with Crippen LogP contribution >= 0.6 is 12.6 Å². The van der Waals surface area contributed by atoms with Gasteiger partial charge in [-0.25, -0.2) is 4.79 Å². The molecule has 0 aromatic heterocycles. The van der Waals surface area contributed by atoms with Crippen LogP contribution in [-0.2, 0) is 25.6 Å². The number of phenolic OH excluding ortho intramolecular Hbond substituents is 1. The first kappa shape index (κ1) is 25.4. The largest absolute Gasteiger partial charge is 0.508 e. The van der Waals surface area contributed by atoms with Crippen LogP contribution in [-0.4, -0.2) is 87.0 Å². The number of nitrogens with zero attached hydrogens (tertiary/aromatic N) is 1. The summed E-state index contributed by atoms with van der Waals surface area (Å²) in [5.41, 5.74) is 6.38. The number of aliphatic carboxylic acids is 1. The fraction of sp³-hybridized carbons (Fsp3) is 0.500. The molecule has 1 saturated heterocycles. The van der Waals surface area contributed by atoms with E-state index in [9.17, 15) is 24.3 Å². The highest BCUT2D eigenvalue weighted by molar-refractivity contribution is 7.80. The molecule has 1 aliphatic rings. The van der Waals surface area contributed by atoms with Crippen molar-refractivity contribution in [1.82, 2.24) is 15.5 Å². The van der Waals surface area contributed by atoms with E-state index in [1.165, 1.54) is 17.0 Å². The number of hydrogen-bond acceptors (Lipinski definition) is 8. The van der Waals surface area contributed by atoms with Crippen LogP contribution in [0, 0.1) is 0 Å². The lowest BCUT2D eigenvalue weighted by molar-refractivity contribution is -0.145. The molecule has 11 nitrogen and oxygen atoms in total. The number of likely N-dealkylation sites (tertiary alicyclic amines) is 1. The highest BCUT2D eigenvalue weighted by Gasteiger charge is 2.39. The zero-order chi connectivity index (χ0) is 23.8. The topological polar surface area (TPSA) is 182 Å². The van der Waals surface area contributed by atoms with Crippen molar-refractivity contribution in [1.29, 1.82) is 0 Å². The first-order valence-corrected chi connectivity index (χ1v) is 10.7. The van der Waals surface area contributed by atoms with E-state index < -0.39 is 54.5 Å². The quantitative estimate of drug-likeness (QED) is 0.197. The molecule has 1 aromatic carbocycles. The predicted molar refractivity (Wildman–Crippen MR) is 117 cm³/mol. The van der Waals surface area contributed by atoms with Gasteiger partial charge >= 0.3 is 5.97 Å². The SMILES string of the molecule is NC(CS)C(=O)NC(Cc1ccc(O)cc1)C(=O)N1CCCC1C(=O)NC(CO)C(=O)O. The fourth-order valence-electron chi connectivity index (χ4n) is 3.39. The van der Waals surface area contributed by atoms with E-state index in [0.717, 1.165) is 0 Å². The molecule has 3 amide bonds. The summed E-state index contributed by atoms with van der Waals surface area (Å²) in [5.74, 6) is -3.08. The first-order valence-electron chi connectivity index (χ1n) is 10.1. The Morgan fingerprint density at radius 1 is 1.16 bits per heavy atom. The van der Waals surface area contributed by atoms with Crippen LogP contribution in [0.15, 0.2) is 24.3 Å². The third-order valence-electron chi connectivity index (χ3n) is 5.16. The molecule has 4 atom stereocenters. The molecular formula is C20H28N4O7S. The summed E-state index contributed by atoms with van der Waals surface area (Å²) < 4.78 is 0. The number of hydrogen-bond donors (Lipinski definition) is 7. The van der Waals surface area contributed by atoms with E-state index >= 15 is 0 Å². The average molecular weight is 469 g/mol. The molecule has 0 radical (unpaired) electrons. The monoisotopic (exact) mass is 468 g/mol. The molecule has 0 bridgehead atoms. The lowest BCUT2D eigenvalue weighted by Crippen LogP contribution is -2.57. The Balaban J connectivity index is 2.21. The Morgan fingerprint density at radius 2 is 1.81 bits per heavy atom. The number of amides is 3. The Labute approximate surface area is 190 Å². The number of nitrogens with one attached hydrogen (secondary N) is 2. The van der Waals surface area contributed by atoms with Gasteiger partial charge in [-0.05, 0) is 30.5 Å². The van der Waals surface area contributed by atoms with Crippen molar-refractivity contribution in [2.45, 2.75) is 43.4 Å². The van der Waals surface area contributed by atoms with Crippen molar-refractivity contribution >= 4 is 36.3 Å². The molecule has 4 unspecified atom stereocenters. The van der Waals surface area contributed by atoms with Crippen LogP contribution in [0.5, 0.6) is 5.75 Å². The van der Waals surface area contributed by atoms with Crippen LogP contribution in [0.4, 0.5) is 0 Å². The van der Waals surface area contributed by atoms with Gasteiger partial charge in [0.05, 0.1) is 12.6 Å². The Bertz CT molecular complexity index is 836. The molecule has 1 aliphatic heterocycles. The number of thiol groups is 1. The van der Waals surface area contributed by atoms with Crippen LogP contribution in [0.1, 0.15) is 18.4 Å². The summed E-state index contributed by atoms with van der Waals surface area (Å²) in [6, 6.07) is 1.71. The Hall–Kier alpha value is -2.83. The standard InChI is InChI=1S/C20H28N4O7S/c21-13(10-32)17(27)22-14(8-11-3-5-12(26)6-4-11)19(29)24-7-1-2-16(24)18(28)23-15(9-25)20(30)31/h3-6,13-16,25-26,32H,1-2,7-10,21H2,(H,22,27)(H,23,28)(H,30,31). The number of aliphatic hydroxyl groups excluding tert-OH is 1. The molecule has 12 heteroatoms. The van der Waals surface area contributed by atoms with E-state index in [-0.39, 0.29) is 24.5 Å². The number of aromatic hydroxyl groups is 1. The van der Waals surface area contributed by atoms with Crippen molar-refractivity contribution in [2.75, 3.05) is 18.9 Å². The summed E-state index contributed by atoms with van der Waals surface area (Å²) in [6.45, 7) is -0.544. The second-order valence-corrected chi connectivity index (χ2v) is 7.86. The minimum absolute atomic E-state index is 0.0471. The third kappa shape index (κ3) is 6.58. The molecule has 0 saturated carbocycles. The number of carbonyl (C=O) groups excluding carboxylic acids is 3. The highest BCUT2D eigenvalue weighted by Crippen LogP contribution is 2.20. The number of rotatable bonds is 10. The number of nitrogens with two attached hydrogens (primary N) is 1. The van der Waals surface area contributed by atoms with Crippen LogP contribution in [0.25, 0.3) is 0 Å². The van der Waals surface area contributed by atoms with E-state index in [2.05, 4.69) is 23.3 Å². The normalized spacial score (nSPS) is 18.5. The molecule has 176 valence electrons. The molecule has 1 fully saturated rings. The molecule has 0 spiro atoms. The minimum atomic E-state index is -1.49. The van der Waals surface area contributed by atoms with E-state index in [1.807, 2.05) is 0 Å². The van der Waals surface area contributed by atoms with Crippen LogP contribution in [0.2, 0.25) is 0 Å². The van der Waals surface area contributed by atoms with Gasteiger partial charge in [0.1, 0.15) is 23.9 Å². The molecule has 2 rings (SSSR count). The van der Waals surface area contributed by atoms with Gasteiger partial charge in [-0.2, -0.15) is 12.6 Å². The van der Waals surface area contributed by atoms with Gasteiger partial charge < -0.3 is 36.6 Å².